The standard InChI is InChI=1S/C14H15BrClNO6.ClH/c15-5-1-2-6-9(10(5)16)7(3-17-6)22-14-13(21)12(20)11(19)8(4-18)23-14;/h1-3,8,11-14,17-21H,4H2;1H/t8-,11+,12+,13-,14-;/m1./s1. The molecule has 10 heteroatoms. The van der Waals surface area contributed by atoms with E-state index in [0.29, 0.717) is 20.6 Å². The fraction of sp³-hybridized carbons (Fsp3) is 0.429. The molecule has 1 aliphatic heterocycles. The zero-order chi connectivity index (χ0) is 16.7. The monoisotopic (exact) mass is 443 g/mol. The number of ether oxygens (including phenoxy) is 2. The first kappa shape index (κ1) is 19.7. The Hall–Kier alpha value is -0.580. The van der Waals surface area contributed by atoms with Gasteiger partial charge in [0, 0.05) is 10.7 Å². The smallest absolute Gasteiger partial charge is 0.229 e. The minimum absolute atomic E-state index is 0. The van der Waals surface area contributed by atoms with Gasteiger partial charge in [0.2, 0.25) is 6.29 Å². The lowest BCUT2D eigenvalue weighted by Gasteiger charge is -2.39. The third-order valence-electron chi connectivity index (χ3n) is 3.79. The van der Waals surface area contributed by atoms with Crippen molar-refractivity contribution in [1.82, 2.24) is 4.98 Å². The maximum absolute atomic E-state index is 10.0. The summed E-state index contributed by atoms with van der Waals surface area (Å²) >= 11 is 9.58. The largest absolute Gasteiger partial charge is 0.460 e. The number of hydrogen-bond acceptors (Lipinski definition) is 6. The Morgan fingerprint density at radius 2 is 1.92 bits per heavy atom. The van der Waals surface area contributed by atoms with Gasteiger partial charge in [-0.1, -0.05) is 11.6 Å². The Balaban J connectivity index is 0.00000208. The number of nitrogens with one attached hydrogen (secondary N) is 1. The van der Waals surface area contributed by atoms with Crippen LogP contribution in [0.3, 0.4) is 0 Å². The summed E-state index contributed by atoms with van der Waals surface area (Å²) in [6, 6.07) is 3.57. The zero-order valence-corrected chi connectivity index (χ0v) is 15.3. The quantitative estimate of drug-likeness (QED) is 0.485. The summed E-state index contributed by atoms with van der Waals surface area (Å²) < 4.78 is 11.6. The third kappa shape index (κ3) is 3.38. The first-order valence-corrected chi connectivity index (χ1v) is 8.03. The summed E-state index contributed by atoms with van der Waals surface area (Å²) in [5.41, 5.74) is 0.720. The molecule has 24 heavy (non-hydrogen) atoms. The van der Waals surface area contributed by atoms with Gasteiger partial charge in [-0.15, -0.1) is 12.4 Å². The lowest BCUT2D eigenvalue weighted by Crippen LogP contribution is -2.60. The number of halogens is 3. The van der Waals surface area contributed by atoms with Crippen LogP contribution in [-0.4, -0.2) is 62.7 Å². The van der Waals surface area contributed by atoms with E-state index in [1.54, 1.807) is 18.3 Å². The molecule has 7 nitrogen and oxygen atoms in total. The average Bonchev–Trinajstić information content (AvgIpc) is 2.95. The van der Waals surface area contributed by atoms with Crippen molar-refractivity contribution in [2.24, 2.45) is 0 Å². The Labute approximate surface area is 156 Å². The van der Waals surface area contributed by atoms with Crippen LogP contribution in [0.5, 0.6) is 5.75 Å². The van der Waals surface area contributed by atoms with Crippen LogP contribution < -0.4 is 4.74 Å². The number of hydrogen-bond donors (Lipinski definition) is 5. The number of aliphatic hydroxyl groups is 4. The molecule has 3 rings (SSSR count). The van der Waals surface area contributed by atoms with Crippen LogP contribution in [0.25, 0.3) is 10.9 Å². The van der Waals surface area contributed by atoms with Gasteiger partial charge in [-0.25, -0.2) is 0 Å². The van der Waals surface area contributed by atoms with Gasteiger partial charge in [0.15, 0.2) is 0 Å². The van der Waals surface area contributed by atoms with Crippen molar-refractivity contribution in [3.8, 4) is 5.75 Å². The third-order valence-corrected chi connectivity index (χ3v) is 5.07. The van der Waals surface area contributed by atoms with E-state index in [2.05, 4.69) is 20.9 Å². The van der Waals surface area contributed by atoms with Crippen molar-refractivity contribution in [2.45, 2.75) is 30.7 Å². The predicted octanol–water partition coefficient (Wildman–Crippen LogP) is 1.18. The van der Waals surface area contributed by atoms with Crippen molar-refractivity contribution >= 4 is 50.8 Å². The molecule has 2 heterocycles. The first-order valence-electron chi connectivity index (χ1n) is 6.86. The average molecular weight is 445 g/mol. The Morgan fingerprint density at radius 1 is 1.21 bits per heavy atom. The van der Waals surface area contributed by atoms with Crippen molar-refractivity contribution in [3.63, 3.8) is 0 Å². The number of benzene rings is 1. The van der Waals surface area contributed by atoms with E-state index in [-0.39, 0.29) is 12.4 Å². The van der Waals surface area contributed by atoms with E-state index in [4.69, 9.17) is 21.1 Å². The summed E-state index contributed by atoms with van der Waals surface area (Å²) in [4.78, 5) is 2.98. The molecule has 2 aromatic rings. The zero-order valence-electron chi connectivity index (χ0n) is 12.1. The molecule has 1 aromatic carbocycles. The van der Waals surface area contributed by atoms with Gasteiger partial charge in [-0.2, -0.15) is 0 Å². The molecule has 0 unspecified atom stereocenters. The van der Waals surface area contributed by atoms with Crippen LogP contribution in [0.4, 0.5) is 0 Å². The number of aromatic nitrogens is 1. The van der Waals surface area contributed by atoms with Crippen LogP contribution in [-0.2, 0) is 4.74 Å². The summed E-state index contributed by atoms with van der Waals surface area (Å²) in [6.07, 6.45) is -5.17. The van der Waals surface area contributed by atoms with Gasteiger partial charge in [-0.05, 0) is 28.1 Å². The molecule has 0 bridgehead atoms. The molecule has 1 aliphatic rings. The van der Waals surface area contributed by atoms with Crippen LogP contribution >= 0.6 is 39.9 Å². The molecule has 5 atom stereocenters. The molecule has 0 amide bonds. The number of rotatable bonds is 3. The summed E-state index contributed by atoms with van der Waals surface area (Å²) in [7, 11) is 0. The number of aliphatic hydroxyl groups excluding tert-OH is 4. The Kier molecular flexibility index (Phi) is 6.38. The molecular formula is C14H16BrCl2NO6. The molecule has 0 saturated carbocycles. The molecule has 1 saturated heterocycles. The maximum Gasteiger partial charge on any atom is 0.229 e. The maximum atomic E-state index is 10.0. The van der Waals surface area contributed by atoms with Crippen molar-refractivity contribution in [1.29, 1.82) is 0 Å². The summed E-state index contributed by atoms with van der Waals surface area (Å²) in [6.45, 7) is -0.523. The second kappa shape index (κ2) is 7.76. The molecule has 5 N–H and O–H groups in total. The molecule has 0 spiro atoms. The van der Waals surface area contributed by atoms with Gasteiger partial charge in [0.25, 0.3) is 0 Å². The predicted molar refractivity (Wildman–Crippen MR) is 92.7 cm³/mol. The number of fused-ring (bicyclic) bond motifs is 1. The lowest BCUT2D eigenvalue weighted by atomic mass is 9.99. The van der Waals surface area contributed by atoms with Gasteiger partial charge < -0.3 is 34.9 Å². The second-order valence-electron chi connectivity index (χ2n) is 5.25. The van der Waals surface area contributed by atoms with Gasteiger partial charge in [-0.3, -0.25) is 0 Å². The normalized spacial score (nSPS) is 30.2. The minimum Gasteiger partial charge on any atom is -0.460 e. The number of aromatic amines is 1. The molecule has 1 aromatic heterocycles. The highest BCUT2D eigenvalue weighted by Crippen LogP contribution is 2.38. The molecule has 0 aliphatic carbocycles. The number of H-pyrrole nitrogens is 1. The van der Waals surface area contributed by atoms with Crippen LogP contribution in [0.2, 0.25) is 5.02 Å². The SMILES string of the molecule is Cl.OC[C@H]1O[C@@H](Oc2c[nH]c3ccc(Br)c(Cl)c23)[C@H](O)[C@@H](O)[C@H]1O. The van der Waals surface area contributed by atoms with Crippen molar-refractivity contribution < 1.29 is 29.9 Å². The van der Waals surface area contributed by atoms with E-state index in [1.807, 2.05) is 0 Å². The summed E-state index contributed by atoms with van der Waals surface area (Å²) in [5, 5.41) is 39.8. The van der Waals surface area contributed by atoms with E-state index >= 15 is 0 Å². The highest BCUT2D eigenvalue weighted by molar-refractivity contribution is 9.10. The summed E-state index contributed by atoms with van der Waals surface area (Å²) in [5.74, 6) is 0.315. The Bertz CT molecular complexity index is 712. The Morgan fingerprint density at radius 3 is 2.58 bits per heavy atom. The highest BCUT2D eigenvalue weighted by Gasteiger charge is 2.44. The van der Waals surface area contributed by atoms with E-state index in [9.17, 15) is 20.4 Å². The lowest BCUT2D eigenvalue weighted by molar-refractivity contribution is -0.277. The molecule has 1 fully saturated rings. The second-order valence-corrected chi connectivity index (χ2v) is 6.48. The van der Waals surface area contributed by atoms with Crippen molar-refractivity contribution in [3.05, 3.63) is 27.8 Å². The topological polar surface area (TPSA) is 115 Å². The highest BCUT2D eigenvalue weighted by atomic mass is 79.9. The van der Waals surface area contributed by atoms with E-state index in [0.717, 1.165) is 5.52 Å². The minimum atomic E-state index is -1.50. The molecule has 0 radical (unpaired) electrons. The van der Waals surface area contributed by atoms with Crippen LogP contribution in [0.1, 0.15) is 0 Å². The fourth-order valence-electron chi connectivity index (χ4n) is 2.51. The van der Waals surface area contributed by atoms with Crippen LogP contribution in [0, 0.1) is 0 Å². The van der Waals surface area contributed by atoms with E-state index in [1.165, 1.54) is 0 Å². The molecule has 134 valence electrons. The van der Waals surface area contributed by atoms with Gasteiger partial charge in [0.1, 0.15) is 30.2 Å². The van der Waals surface area contributed by atoms with Gasteiger partial charge >= 0.3 is 0 Å². The molecular weight excluding hydrogens is 429 g/mol. The van der Waals surface area contributed by atoms with Crippen LogP contribution in [0.15, 0.2) is 22.8 Å². The van der Waals surface area contributed by atoms with Crippen molar-refractivity contribution in [2.75, 3.05) is 6.61 Å². The van der Waals surface area contributed by atoms with E-state index < -0.39 is 37.3 Å². The van der Waals surface area contributed by atoms with Gasteiger partial charge in [0.05, 0.1) is 22.5 Å². The fourth-order valence-corrected chi connectivity index (χ4v) is 3.10. The first-order chi connectivity index (χ1) is 10.9.